The van der Waals surface area contributed by atoms with E-state index in [0.717, 1.165) is 0 Å². The zero-order valence-corrected chi connectivity index (χ0v) is 17.6. The van der Waals surface area contributed by atoms with E-state index in [4.69, 9.17) is 14.2 Å². The van der Waals surface area contributed by atoms with Gasteiger partial charge in [-0.1, -0.05) is 20.8 Å². The fraction of sp³-hybridized carbons (Fsp3) is 0.842. The lowest BCUT2D eigenvalue weighted by molar-refractivity contribution is -0.284. The van der Waals surface area contributed by atoms with Gasteiger partial charge in [-0.15, -0.1) is 0 Å². The molecule has 0 aromatic carbocycles. The molecule has 0 aromatic rings. The highest BCUT2D eigenvalue weighted by Crippen LogP contribution is 2.38. The first-order valence-electron chi connectivity index (χ1n) is 9.91. The number of hydrogen-bond donors (Lipinski definition) is 7. The summed E-state index contributed by atoms with van der Waals surface area (Å²) in [4.78, 5) is 11.9. The van der Waals surface area contributed by atoms with Crippen molar-refractivity contribution >= 4 is 5.91 Å². The van der Waals surface area contributed by atoms with E-state index in [1.165, 1.54) is 6.92 Å². The average molecular weight is 435 g/mol. The van der Waals surface area contributed by atoms with Crippen LogP contribution in [-0.4, -0.2) is 98.7 Å². The van der Waals surface area contributed by atoms with Crippen LogP contribution in [0.25, 0.3) is 0 Å². The maximum atomic E-state index is 11.9. The largest absolute Gasteiger partial charge is 0.506 e. The van der Waals surface area contributed by atoms with Gasteiger partial charge in [0.1, 0.15) is 30.5 Å². The molecule has 174 valence electrons. The molecule has 0 radical (unpaired) electrons. The van der Waals surface area contributed by atoms with Crippen molar-refractivity contribution in [3.63, 3.8) is 0 Å². The van der Waals surface area contributed by atoms with Crippen molar-refractivity contribution in [2.75, 3.05) is 13.2 Å². The molecule has 0 aliphatic carbocycles. The normalized spacial score (nSPS) is 37.9. The van der Waals surface area contributed by atoms with Crippen molar-refractivity contribution in [2.45, 2.75) is 83.1 Å². The number of rotatable bonds is 7. The molecule has 30 heavy (non-hydrogen) atoms. The van der Waals surface area contributed by atoms with E-state index >= 15 is 0 Å². The van der Waals surface area contributed by atoms with Crippen LogP contribution in [0.3, 0.4) is 0 Å². The summed E-state index contributed by atoms with van der Waals surface area (Å²) < 4.78 is 17.0. The zero-order chi connectivity index (χ0) is 22.8. The van der Waals surface area contributed by atoms with Crippen LogP contribution in [0.4, 0.5) is 0 Å². The van der Waals surface area contributed by atoms with E-state index in [0.29, 0.717) is 6.42 Å². The van der Waals surface area contributed by atoms with Crippen molar-refractivity contribution in [2.24, 2.45) is 5.41 Å². The Hall–Kier alpha value is -1.47. The predicted molar refractivity (Wildman–Crippen MR) is 102 cm³/mol. The molecular formula is C19H33NO10. The Morgan fingerprint density at radius 3 is 2.20 bits per heavy atom. The number of amides is 1. The van der Waals surface area contributed by atoms with E-state index in [1.54, 1.807) is 0 Å². The van der Waals surface area contributed by atoms with Gasteiger partial charge in [-0.3, -0.25) is 4.79 Å². The number of aliphatic hydroxyl groups is 6. The van der Waals surface area contributed by atoms with Crippen LogP contribution in [0.1, 0.15) is 34.1 Å². The first-order chi connectivity index (χ1) is 14.0. The van der Waals surface area contributed by atoms with Gasteiger partial charge < -0.3 is 50.2 Å². The van der Waals surface area contributed by atoms with Crippen LogP contribution < -0.4 is 5.32 Å². The Morgan fingerprint density at radius 1 is 1.10 bits per heavy atom. The smallest absolute Gasteiger partial charge is 0.220 e. The van der Waals surface area contributed by atoms with Crippen LogP contribution in [0.15, 0.2) is 11.5 Å². The first kappa shape index (κ1) is 24.8. The van der Waals surface area contributed by atoms with Gasteiger partial charge in [-0.05, 0) is 11.8 Å². The second kappa shape index (κ2) is 9.77. The fourth-order valence-corrected chi connectivity index (χ4v) is 3.66. The molecule has 2 aliphatic rings. The molecule has 0 aromatic heterocycles. The number of carbonyl (C=O) groups is 1. The minimum Gasteiger partial charge on any atom is -0.506 e. The van der Waals surface area contributed by atoms with Crippen molar-refractivity contribution in [3.8, 4) is 0 Å². The SMILES string of the molecule is CCC(C)(C)[C@@H]1OC(CO)[C@H](O)C(O[C@@H]2OC(CO)[C@H](O)C(O)=C2O)C1NC(C)=O. The summed E-state index contributed by atoms with van der Waals surface area (Å²) in [6, 6.07) is -0.895. The molecule has 4 unspecified atom stereocenters. The molecule has 11 nitrogen and oxygen atoms in total. The second-order valence-electron chi connectivity index (χ2n) is 8.34. The third-order valence-corrected chi connectivity index (χ3v) is 5.83. The third kappa shape index (κ3) is 4.88. The second-order valence-corrected chi connectivity index (χ2v) is 8.34. The highest BCUT2D eigenvalue weighted by molar-refractivity contribution is 5.73. The molecule has 11 heteroatoms. The first-order valence-corrected chi connectivity index (χ1v) is 9.91. The Balaban J connectivity index is 2.42. The molecule has 2 rings (SSSR count). The Bertz CT molecular complexity index is 639. The van der Waals surface area contributed by atoms with Crippen LogP contribution in [0, 0.1) is 5.41 Å². The topological polar surface area (TPSA) is 178 Å². The fourth-order valence-electron chi connectivity index (χ4n) is 3.66. The van der Waals surface area contributed by atoms with Gasteiger partial charge in [-0.2, -0.15) is 0 Å². The number of hydrogen-bond acceptors (Lipinski definition) is 10. The highest BCUT2D eigenvalue weighted by Gasteiger charge is 2.52. The van der Waals surface area contributed by atoms with Gasteiger partial charge in [0.05, 0.1) is 25.4 Å². The molecule has 8 atom stereocenters. The quantitative estimate of drug-likeness (QED) is 0.258. The minimum absolute atomic E-state index is 0.417. The van der Waals surface area contributed by atoms with Crippen LogP contribution >= 0.6 is 0 Å². The number of ether oxygens (including phenoxy) is 3. The zero-order valence-electron chi connectivity index (χ0n) is 17.6. The maximum absolute atomic E-state index is 11.9. The minimum atomic E-state index is -1.66. The molecule has 1 saturated heterocycles. The Kier molecular flexibility index (Phi) is 8.08. The van der Waals surface area contributed by atoms with Crippen LogP contribution in [0.2, 0.25) is 0 Å². The molecule has 0 spiro atoms. The van der Waals surface area contributed by atoms with E-state index < -0.39 is 85.0 Å². The lowest BCUT2D eigenvalue weighted by atomic mass is 9.75. The number of nitrogens with one attached hydrogen (secondary N) is 1. The van der Waals surface area contributed by atoms with Gasteiger partial charge in [0.15, 0.2) is 11.5 Å². The number of aliphatic hydroxyl groups excluding tert-OH is 6. The summed E-state index contributed by atoms with van der Waals surface area (Å²) in [6.45, 7) is 5.81. The highest BCUT2D eigenvalue weighted by atomic mass is 16.7. The average Bonchev–Trinajstić information content (AvgIpc) is 2.70. The molecule has 1 fully saturated rings. The van der Waals surface area contributed by atoms with E-state index in [2.05, 4.69) is 5.32 Å². The monoisotopic (exact) mass is 435 g/mol. The summed E-state index contributed by atoms with van der Waals surface area (Å²) in [5.41, 5.74) is -0.500. The standard InChI is InChI=1S/C19H33NO10/c1-5-19(3,4)17-11(20-8(2)23)16(13(25)10(7-22)28-17)30-18-15(27)14(26)12(24)9(6-21)29-18/h9-13,16-18,21-22,24-27H,5-7H2,1-4H3,(H,20,23)/t9?,10?,11?,12-,13-,16?,17+,18-/m0/s1. The van der Waals surface area contributed by atoms with E-state index in [1.807, 2.05) is 20.8 Å². The lowest BCUT2D eigenvalue weighted by Gasteiger charge is -2.50. The summed E-state index contributed by atoms with van der Waals surface area (Å²) in [5, 5.41) is 62.5. The van der Waals surface area contributed by atoms with E-state index in [9.17, 15) is 35.4 Å². The summed E-state index contributed by atoms with van der Waals surface area (Å²) >= 11 is 0. The van der Waals surface area contributed by atoms with Crippen LogP contribution in [0.5, 0.6) is 0 Å². The molecule has 1 amide bonds. The molecule has 0 bridgehead atoms. The van der Waals surface area contributed by atoms with Gasteiger partial charge in [-0.25, -0.2) is 0 Å². The maximum Gasteiger partial charge on any atom is 0.220 e. The Morgan fingerprint density at radius 2 is 1.70 bits per heavy atom. The van der Waals surface area contributed by atoms with Crippen molar-refractivity contribution in [1.82, 2.24) is 5.32 Å². The third-order valence-electron chi connectivity index (χ3n) is 5.83. The predicted octanol–water partition coefficient (Wildman–Crippen LogP) is -1.16. The van der Waals surface area contributed by atoms with E-state index in [-0.39, 0.29) is 0 Å². The van der Waals surface area contributed by atoms with Gasteiger partial charge >= 0.3 is 0 Å². The van der Waals surface area contributed by atoms with Crippen LogP contribution in [-0.2, 0) is 19.0 Å². The van der Waals surface area contributed by atoms with Gasteiger partial charge in [0, 0.05) is 6.92 Å². The number of carbonyl (C=O) groups excluding carboxylic acids is 1. The molecule has 2 aliphatic heterocycles. The van der Waals surface area contributed by atoms with Gasteiger partial charge in [0.25, 0.3) is 0 Å². The Labute approximate surface area is 174 Å². The lowest BCUT2D eigenvalue weighted by Crippen LogP contribution is -2.68. The molecular weight excluding hydrogens is 402 g/mol. The van der Waals surface area contributed by atoms with Gasteiger partial charge in [0.2, 0.25) is 12.2 Å². The summed E-state index contributed by atoms with van der Waals surface area (Å²) in [7, 11) is 0. The molecule has 2 heterocycles. The molecule has 7 N–H and O–H groups in total. The van der Waals surface area contributed by atoms with Crippen molar-refractivity contribution in [3.05, 3.63) is 11.5 Å². The van der Waals surface area contributed by atoms with Crippen molar-refractivity contribution in [1.29, 1.82) is 0 Å². The summed E-state index contributed by atoms with van der Waals surface area (Å²) in [6.07, 6.45) is -8.29. The van der Waals surface area contributed by atoms with Crippen molar-refractivity contribution < 1.29 is 49.6 Å². The summed E-state index contributed by atoms with van der Waals surface area (Å²) in [5.74, 6) is -2.06. The molecule has 0 saturated carbocycles.